The maximum atomic E-state index is 11.1. The molecule has 0 aliphatic carbocycles. The second-order valence-corrected chi connectivity index (χ2v) is 15.2. The minimum atomic E-state index is 0. The topological polar surface area (TPSA) is 50.9 Å². The fourth-order valence-electron chi connectivity index (χ4n) is 7.19. The van der Waals surface area contributed by atoms with Gasteiger partial charge in [-0.05, 0) is 87.4 Å². The molecular weight excluding hydrogens is 830 g/mol. The van der Waals surface area contributed by atoms with Gasteiger partial charge in [0.2, 0.25) is 0 Å². The maximum absolute atomic E-state index is 11.1. The van der Waals surface area contributed by atoms with Gasteiger partial charge in [0.15, 0.2) is 0 Å². The number of aromatic nitrogens is 3. The summed E-state index contributed by atoms with van der Waals surface area (Å²) < 4.78 is 2.35. The number of phenols is 1. The van der Waals surface area contributed by atoms with Crippen LogP contribution in [-0.4, -0.2) is 19.6 Å². The minimum absolute atomic E-state index is 0. The first-order valence-corrected chi connectivity index (χ1v) is 18.6. The molecular formula is C48H48N3OPt-. The van der Waals surface area contributed by atoms with E-state index in [1.807, 2.05) is 30.3 Å². The molecule has 4 nitrogen and oxygen atoms in total. The van der Waals surface area contributed by atoms with E-state index in [1.165, 1.54) is 27.9 Å². The summed E-state index contributed by atoms with van der Waals surface area (Å²) in [5.74, 6) is 2.42. The fraction of sp³-hybridized carbons (Fsp3) is 0.250. The molecule has 0 saturated heterocycles. The molecule has 0 aliphatic rings. The number of imidazole rings is 1. The van der Waals surface area contributed by atoms with Crippen LogP contribution in [0.5, 0.6) is 5.75 Å². The van der Waals surface area contributed by atoms with Crippen molar-refractivity contribution in [2.24, 2.45) is 0 Å². The van der Waals surface area contributed by atoms with E-state index in [4.69, 9.17) is 9.97 Å². The van der Waals surface area contributed by atoms with Crippen LogP contribution in [0, 0.1) is 6.07 Å². The van der Waals surface area contributed by atoms with Crippen LogP contribution in [0.2, 0.25) is 0 Å². The molecule has 0 spiro atoms. The van der Waals surface area contributed by atoms with Crippen molar-refractivity contribution in [1.29, 1.82) is 0 Å². The third-order valence-corrected chi connectivity index (χ3v) is 10.1. The molecule has 2 aromatic heterocycles. The molecule has 5 aromatic carbocycles. The van der Waals surface area contributed by atoms with Crippen molar-refractivity contribution in [2.75, 3.05) is 0 Å². The van der Waals surface area contributed by atoms with E-state index in [1.54, 1.807) is 6.07 Å². The van der Waals surface area contributed by atoms with Crippen LogP contribution in [0.25, 0.3) is 61.8 Å². The van der Waals surface area contributed by atoms with Gasteiger partial charge in [0, 0.05) is 37.9 Å². The van der Waals surface area contributed by atoms with Gasteiger partial charge in [0.1, 0.15) is 5.75 Å². The average molecular weight is 878 g/mol. The molecule has 5 heteroatoms. The predicted octanol–water partition coefficient (Wildman–Crippen LogP) is 13.1. The second kappa shape index (κ2) is 15.7. The van der Waals surface area contributed by atoms with Crippen LogP contribution >= 0.6 is 0 Å². The predicted molar refractivity (Wildman–Crippen MR) is 217 cm³/mol. The molecule has 0 amide bonds. The monoisotopic (exact) mass is 877 g/mol. The van der Waals surface area contributed by atoms with Crippen molar-refractivity contribution < 1.29 is 26.2 Å². The molecule has 7 rings (SSSR count). The molecule has 0 fully saturated rings. The number of para-hydroxylation sites is 3. The molecule has 53 heavy (non-hydrogen) atoms. The zero-order chi connectivity index (χ0) is 36.7. The molecule has 0 radical (unpaired) electrons. The number of aromatic hydroxyl groups is 1. The summed E-state index contributed by atoms with van der Waals surface area (Å²) in [7, 11) is 0. The van der Waals surface area contributed by atoms with Crippen molar-refractivity contribution in [2.45, 2.75) is 79.1 Å². The third kappa shape index (κ3) is 7.40. The summed E-state index contributed by atoms with van der Waals surface area (Å²) in [6.45, 7) is 18.0. The molecule has 0 bridgehead atoms. The van der Waals surface area contributed by atoms with E-state index in [9.17, 15) is 5.11 Å². The molecule has 272 valence electrons. The average Bonchev–Trinajstić information content (AvgIpc) is 3.54. The van der Waals surface area contributed by atoms with E-state index >= 15 is 0 Å². The van der Waals surface area contributed by atoms with E-state index < -0.39 is 0 Å². The number of nitrogens with zero attached hydrogens (tertiary/aromatic N) is 3. The number of hydrogen-bond acceptors (Lipinski definition) is 3. The van der Waals surface area contributed by atoms with Crippen LogP contribution in [0.15, 0.2) is 115 Å². The molecule has 0 unspecified atom stereocenters. The van der Waals surface area contributed by atoms with Crippen LogP contribution in [-0.2, 0) is 21.1 Å². The van der Waals surface area contributed by atoms with Gasteiger partial charge < -0.3 is 9.67 Å². The Labute approximate surface area is 329 Å². The van der Waals surface area contributed by atoms with Gasteiger partial charge >= 0.3 is 0 Å². The van der Waals surface area contributed by atoms with Crippen molar-refractivity contribution in [1.82, 2.24) is 14.5 Å². The Bertz CT molecular complexity index is 2330. The van der Waals surface area contributed by atoms with E-state index in [-0.39, 0.29) is 26.8 Å². The summed E-state index contributed by atoms with van der Waals surface area (Å²) in [6.07, 6.45) is 0. The Morgan fingerprint density at radius 2 is 1.13 bits per heavy atom. The normalized spacial score (nSPS) is 11.6. The number of hydrogen-bond donors (Lipinski definition) is 1. The smallest absolute Gasteiger partial charge is 0.124 e. The van der Waals surface area contributed by atoms with Gasteiger partial charge in [-0.25, -0.2) is 4.98 Å². The van der Waals surface area contributed by atoms with E-state index in [0.29, 0.717) is 34.9 Å². The Balaban J connectivity index is 0.00000481. The largest absolute Gasteiger partial charge is 0.507 e. The third-order valence-electron chi connectivity index (χ3n) is 10.1. The Morgan fingerprint density at radius 3 is 1.72 bits per heavy atom. The molecule has 1 N–H and O–H groups in total. The number of fused-ring (bicyclic) bond motifs is 1. The number of rotatable bonds is 9. The van der Waals surface area contributed by atoms with Crippen molar-refractivity contribution in [3.8, 4) is 56.5 Å². The summed E-state index contributed by atoms with van der Waals surface area (Å²) in [6, 6.07) is 43.4. The van der Waals surface area contributed by atoms with Crippen LogP contribution < -0.4 is 0 Å². The minimum Gasteiger partial charge on any atom is -0.507 e. The van der Waals surface area contributed by atoms with Gasteiger partial charge in [-0.1, -0.05) is 116 Å². The van der Waals surface area contributed by atoms with Crippen molar-refractivity contribution >= 4 is 11.0 Å². The summed E-state index contributed by atoms with van der Waals surface area (Å²) in [5, 5.41) is 11.1. The van der Waals surface area contributed by atoms with Gasteiger partial charge in [-0.3, -0.25) is 4.98 Å². The SMILES string of the molecule is CC(C)c1cc(-c2cc(-c3ccccc3O)nc(-c3cccc4c3nc(-c3[c-]cccc3)n4-c3c(C(C)C)cccc3C(C)C)c2)cc(C(C)C)c1.[Pt]. The molecule has 0 aliphatic heterocycles. The van der Waals surface area contributed by atoms with Crippen molar-refractivity contribution in [3.63, 3.8) is 0 Å². The van der Waals surface area contributed by atoms with Crippen LogP contribution in [0.3, 0.4) is 0 Å². The molecule has 0 atom stereocenters. The summed E-state index contributed by atoms with van der Waals surface area (Å²) in [5.41, 5.74) is 14.5. The van der Waals surface area contributed by atoms with Gasteiger partial charge in [0.25, 0.3) is 0 Å². The first-order valence-electron chi connectivity index (χ1n) is 18.6. The summed E-state index contributed by atoms with van der Waals surface area (Å²) >= 11 is 0. The van der Waals surface area contributed by atoms with Crippen molar-refractivity contribution in [3.05, 3.63) is 144 Å². The quantitative estimate of drug-likeness (QED) is 0.147. The van der Waals surface area contributed by atoms with E-state index in [2.05, 4.69) is 145 Å². The van der Waals surface area contributed by atoms with Gasteiger partial charge in [0.05, 0.1) is 28.2 Å². The summed E-state index contributed by atoms with van der Waals surface area (Å²) in [4.78, 5) is 10.8. The molecule has 0 saturated carbocycles. The Kier molecular flexibility index (Phi) is 11.2. The number of pyridine rings is 1. The maximum Gasteiger partial charge on any atom is 0.124 e. The van der Waals surface area contributed by atoms with Gasteiger partial charge in [-0.15, -0.1) is 35.9 Å². The number of benzene rings is 5. The standard InChI is InChI=1S/C48H48N3O.Pt/c1-29(2)34-24-35(30(3)4)26-36(25-34)37-27-42(40-18-12-13-23-45(40)52)49-43(28-37)41-21-15-22-44-46(41)50-48(33-16-10-9-11-17-33)51(44)47-38(31(5)6)19-14-20-39(47)32(7)8;/h9-16,18-32,52H,1-8H3;/q-1;. The zero-order valence-electron chi connectivity index (χ0n) is 31.9. The Hall–Kier alpha value is -4.79. The molecule has 2 heterocycles. The van der Waals surface area contributed by atoms with Gasteiger partial charge in [-0.2, -0.15) is 0 Å². The first-order chi connectivity index (χ1) is 25.0. The van der Waals surface area contributed by atoms with Crippen LogP contribution in [0.1, 0.15) is 101 Å². The van der Waals surface area contributed by atoms with Crippen LogP contribution in [0.4, 0.5) is 0 Å². The van der Waals surface area contributed by atoms with E-state index in [0.717, 1.165) is 44.8 Å². The number of phenolic OH excluding ortho intramolecular Hbond substituents is 1. The molecule has 7 aromatic rings. The first kappa shape index (κ1) is 37.9. The fourth-order valence-corrected chi connectivity index (χ4v) is 7.19. The zero-order valence-corrected chi connectivity index (χ0v) is 34.2. The Morgan fingerprint density at radius 1 is 0.566 bits per heavy atom. The second-order valence-electron chi connectivity index (χ2n) is 15.2.